The molecule has 0 spiro atoms. The van der Waals surface area contributed by atoms with Crippen molar-refractivity contribution in [2.75, 3.05) is 13.2 Å². The molecule has 0 aromatic carbocycles. The monoisotopic (exact) mass is 988 g/mol. The first-order valence-corrected chi connectivity index (χ1v) is 29.6. The van der Waals surface area contributed by atoms with Crippen LogP contribution < -0.4 is 5.32 Å². The van der Waals surface area contributed by atoms with E-state index in [1.807, 2.05) is 6.08 Å². The second kappa shape index (κ2) is 45.4. The maximum Gasteiger partial charge on any atom is 0.397 e. The van der Waals surface area contributed by atoms with Gasteiger partial charge in [0.2, 0.25) is 5.91 Å². The summed E-state index contributed by atoms with van der Waals surface area (Å²) >= 11 is 0. The highest BCUT2D eigenvalue weighted by molar-refractivity contribution is 7.80. The molecule has 7 unspecified atom stereocenters. The molecule has 12 nitrogen and oxygen atoms in total. The molecular weight excluding hydrogens is 883 g/mol. The molecule has 1 aliphatic heterocycles. The molecule has 0 aromatic heterocycles. The van der Waals surface area contributed by atoms with Crippen LogP contribution in [0.4, 0.5) is 0 Å². The highest BCUT2D eigenvalue weighted by Gasteiger charge is 2.48. The number of aliphatic hydroxyl groups excluding tert-OH is 4. The van der Waals surface area contributed by atoms with Gasteiger partial charge in [0, 0.05) is 6.42 Å². The number of allylic oxidation sites excluding steroid dienone is 3. The van der Waals surface area contributed by atoms with Crippen LogP contribution in [-0.4, -0.2) is 95.4 Å². The average molecular weight is 989 g/mol. The van der Waals surface area contributed by atoms with Crippen LogP contribution in [0.15, 0.2) is 24.3 Å². The number of unbranched alkanes of at least 4 members (excludes halogenated alkanes) is 35. The van der Waals surface area contributed by atoms with Crippen LogP contribution in [0.2, 0.25) is 0 Å². The number of ether oxygens (including phenoxy) is 2. The lowest BCUT2D eigenvalue weighted by Crippen LogP contribution is -2.61. The molecule has 0 bridgehead atoms. The Morgan fingerprint density at radius 3 is 1.32 bits per heavy atom. The third kappa shape index (κ3) is 37.4. The van der Waals surface area contributed by atoms with Crippen molar-refractivity contribution in [1.29, 1.82) is 0 Å². The summed E-state index contributed by atoms with van der Waals surface area (Å²) in [6.45, 7) is 3.42. The van der Waals surface area contributed by atoms with E-state index < -0.39 is 59.9 Å². The van der Waals surface area contributed by atoms with Crippen LogP contribution in [0.25, 0.3) is 0 Å². The molecule has 1 rings (SSSR count). The van der Waals surface area contributed by atoms with Gasteiger partial charge in [-0.15, -0.1) is 0 Å². The summed E-state index contributed by atoms with van der Waals surface area (Å²) < 4.78 is 47.8. The molecule has 0 radical (unpaired) electrons. The molecule has 68 heavy (non-hydrogen) atoms. The third-order valence-corrected chi connectivity index (χ3v) is 13.9. The highest BCUT2D eigenvalue weighted by Crippen LogP contribution is 2.26. The summed E-state index contributed by atoms with van der Waals surface area (Å²) in [6, 6.07) is -0.945. The van der Waals surface area contributed by atoms with Crippen molar-refractivity contribution in [1.82, 2.24) is 5.32 Å². The highest BCUT2D eigenvalue weighted by atomic mass is 32.3. The number of carbonyl (C=O) groups is 1. The minimum Gasteiger partial charge on any atom is -0.394 e. The molecule has 1 aliphatic rings. The largest absolute Gasteiger partial charge is 0.397 e. The second-order valence-electron chi connectivity index (χ2n) is 19.9. The third-order valence-electron chi connectivity index (χ3n) is 13.5. The van der Waals surface area contributed by atoms with Crippen LogP contribution in [0.3, 0.4) is 0 Å². The van der Waals surface area contributed by atoms with Crippen molar-refractivity contribution in [3.05, 3.63) is 24.3 Å². The van der Waals surface area contributed by atoms with E-state index in [0.717, 1.165) is 44.9 Å². The van der Waals surface area contributed by atoms with Gasteiger partial charge >= 0.3 is 10.4 Å². The normalized spacial score (nSPS) is 19.9. The summed E-state index contributed by atoms with van der Waals surface area (Å²) in [5.74, 6) is -0.264. The number of amides is 1. The predicted molar refractivity (Wildman–Crippen MR) is 278 cm³/mol. The van der Waals surface area contributed by atoms with E-state index >= 15 is 0 Å². The first kappa shape index (κ1) is 64.6. The van der Waals surface area contributed by atoms with Gasteiger partial charge in [0.25, 0.3) is 0 Å². The molecule has 1 heterocycles. The molecule has 0 aromatic rings. The molecule has 0 saturated carbocycles. The van der Waals surface area contributed by atoms with Gasteiger partial charge in [-0.1, -0.05) is 237 Å². The van der Waals surface area contributed by atoms with Crippen molar-refractivity contribution in [2.24, 2.45) is 0 Å². The molecule has 1 fully saturated rings. The number of carbonyl (C=O) groups excluding carboxylic acids is 1. The smallest absolute Gasteiger partial charge is 0.394 e. The molecular formula is C55H105NO11S. The molecule has 6 N–H and O–H groups in total. The molecule has 1 amide bonds. The van der Waals surface area contributed by atoms with E-state index in [4.69, 9.17) is 9.47 Å². The Kier molecular flexibility index (Phi) is 43.2. The maximum absolute atomic E-state index is 13.1. The number of hydrogen-bond donors (Lipinski definition) is 6. The average Bonchev–Trinajstić information content (AvgIpc) is 3.31. The Bertz CT molecular complexity index is 1300. The van der Waals surface area contributed by atoms with Crippen molar-refractivity contribution in [2.45, 2.75) is 307 Å². The Morgan fingerprint density at radius 2 is 0.941 bits per heavy atom. The van der Waals surface area contributed by atoms with Gasteiger partial charge in [-0.25, -0.2) is 4.18 Å². The lowest BCUT2D eigenvalue weighted by molar-refractivity contribution is -0.298. The van der Waals surface area contributed by atoms with Crippen molar-refractivity contribution >= 4 is 16.3 Å². The van der Waals surface area contributed by atoms with Crippen LogP contribution in [0.5, 0.6) is 0 Å². The van der Waals surface area contributed by atoms with Crippen LogP contribution in [0, 0.1) is 0 Å². The summed E-state index contributed by atoms with van der Waals surface area (Å²) in [7, 11) is -5.09. The standard InChI is InChI=1S/C55H105NO11S/c1-3-5-7-9-11-13-15-17-19-21-23-24-25-27-28-30-32-34-36-38-40-42-44-49(58)48(47-65-55-53(61)54(67-68(62,63)64)52(60)50(46-57)66-55)56-51(59)45-43-41-39-37-35-33-31-29-26-22-20-18-16-14-12-10-8-6-4-2/h22,26,42,44,48-50,52-55,57-58,60-61H,3-21,23-25,27-41,43,45-47H2,1-2H3,(H,56,59)(H,62,63,64)/b26-22-,44-42+. The van der Waals surface area contributed by atoms with E-state index in [1.54, 1.807) is 6.08 Å². The van der Waals surface area contributed by atoms with Gasteiger partial charge in [0.1, 0.15) is 24.4 Å². The number of rotatable bonds is 49. The topological polar surface area (TPSA) is 192 Å². The Hall–Kier alpha value is -1.42. The van der Waals surface area contributed by atoms with Crippen molar-refractivity contribution in [3.63, 3.8) is 0 Å². The minimum absolute atomic E-state index is 0.264. The van der Waals surface area contributed by atoms with Gasteiger partial charge < -0.3 is 35.2 Å². The van der Waals surface area contributed by atoms with E-state index in [-0.39, 0.29) is 18.9 Å². The fourth-order valence-corrected chi connectivity index (χ4v) is 9.61. The zero-order valence-electron chi connectivity index (χ0n) is 43.4. The molecule has 0 aliphatic carbocycles. The maximum atomic E-state index is 13.1. The first-order valence-electron chi connectivity index (χ1n) is 28.2. The Balaban J connectivity index is 2.40. The van der Waals surface area contributed by atoms with Crippen molar-refractivity contribution < 1.29 is 51.8 Å². The molecule has 13 heteroatoms. The van der Waals surface area contributed by atoms with Crippen molar-refractivity contribution in [3.8, 4) is 0 Å². The SMILES string of the molecule is CCCCCCCCCC/C=C\CCCCCCCCCC(=O)NC(COC1OC(CO)C(O)C(OS(=O)(=O)O)C1O)C(O)/C=C/CCCCCCCCCCCCCCCCCCCCCC. The number of hydrogen-bond acceptors (Lipinski definition) is 10. The number of nitrogens with one attached hydrogen (secondary N) is 1. The van der Waals surface area contributed by atoms with E-state index in [0.29, 0.717) is 6.42 Å². The quantitative estimate of drug-likeness (QED) is 0.0193. The zero-order valence-corrected chi connectivity index (χ0v) is 44.3. The van der Waals surface area contributed by atoms with E-state index in [2.05, 4.69) is 35.5 Å². The molecule has 1 saturated heterocycles. The Morgan fingerprint density at radius 1 is 0.574 bits per heavy atom. The lowest BCUT2D eigenvalue weighted by atomic mass is 9.99. The summed E-state index contributed by atoms with van der Waals surface area (Å²) in [6.07, 6.45) is 46.4. The second-order valence-corrected chi connectivity index (χ2v) is 20.9. The molecule has 7 atom stereocenters. The zero-order chi connectivity index (χ0) is 49.8. The minimum atomic E-state index is -5.09. The van der Waals surface area contributed by atoms with Crippen LogP contribution in [0.1, 0.15) is 264 Å². The van der Waals surface area contributed by atoms with E-state index in [9.17, 15) is 38.2 Å². The van der Waals surface area contributed by atoms with Gasteiger partial charge in [-0.3, -0.25) is 9.35 Å². The molecule has 402 valence electrons. The summed E-state index contributed by atoms with van der Waals surface area (Å²) in [4.78, 5) is 13.1. The summed E-state index contributed by atoms with van der Waals surface area (Å²) in [5.41, 5.74) is 0. The van der Waals surface area contributed by atoms with Gasteiger partial charge in [-0.2, -0.15) is 8.42 Å². The van der Waals surface area contributed by atoms with Gasteiger partial charge in [0.15, 0.2) is 6.29 Å². The predicted octanol–water partition coefficient (Wildman–Crippen LogP) is 12.8. The first-order chi connectivity index (χ1) is 33.0. The van der Waals surface area contributed by atoms with Gasteiger partial charge in [-0.05, 0) is 44.9 Å². The number of aliphatic hydroxyl groups is 4. The van der Waals surface area contributed by atoms with Gasteiger partial charge in [0.05, 0.1) is 25.4 Å². The lowest BCUT2D eigenvalue weighted by Gasteiger charge is -2.41. The van der Waals surface area contributed by atoms with Crippen LogP contribution in [-0.2, 0) is 28.9 Å². The summed E-state index contributed by atoms with van der Waals surface area (Å²) in [5, 5.41) is 44.9. The fourth-order valence-electron chi connectivity index (χ4n) is 9.10. The van der Waals surface area contributed by atoms with Crippen LogP contribution >= 0.6 is 0 Å². The fraction of sp³-hybridized carbons (Fsp3) is 0.909. The Labute approximate surface area is 416 Å². The van der Waals surface area contributed by atoms with E-state index in [1.165, 1.54) is 193 Å².